The molecule has 0 radical (unpaired) electrons. The lowest BCUT2D eigenvalue weighted by atomic mass is 9.90. The maximum atomic E-state index is 12.6. The van der Waals surface area contributed by atoms with Crippen LogP contribution in [0.2, 0.25) is 0 Å². The average Bonchev–Trinajstić information content (AvgIpc) is 2.58. The maximum absolute atomic E-state index is 12.6. The van der Waals surface area contributed by atoms with Crippen molar-refractivity contribution in [3.63, 3.8) is 0 Å². The van der Waals surface area contributed by atoms with Crippen molar-refractivity contribution in [2.24, 2.45) is 5.92 Å². The summed E-state index contributed by atoms with van der Waals surface area (Å²) in [5.41, 5.74) is 0.642. The van der Waals surface area contributed by atoms with Gasteiger partial charge < -0.3 is 15.4 Å². The highest BCUT2D eigenvalue weighted by Crippen LogP contribution is 2.23. The molecule has 4 nitrogen and oxygen atoms in total. The van der Waals surface area contributed by atoms with Crippen molar-refractivity contribution in [2.45, 2.75) is 38.2 Å². The molecule has 2 N–H and O–H groups in total. The summed E-state index contributed by atoms with van der Waals surface area (Å²) in [6, 6.07) is 8.37. The molecule has 1 aromatic carbocycles. The van der Waals surface area contributed by atoms with Crippen LogP contribution in [0.1, 0.15) is 31.7 Å². The quantitative estimate of drug-likeness (QED) is 0.761. The molecule has 1 unspecified atom stereocenters. The maximum Gasteiger partial charge on any atom is 0.252 e. The van der Waals surface area contributed by atoms with Crippen molar-refractivity contribution in [1.82, 2.24) is 10.6 Å². The molecule has 1 fully saturated rings. The lowest BCUT2D eigenvalue weighted by Crippen LogP contribution is -2.54. The highest BCUT2D eigenvalue weighted by Gasteiger charge is 2.39. The number of methoxy groups -OCH3 is 1. The van der Waals surface area contributed by atoms with Crippen LogP contribution in [0, 0.1) is 5.92 Å². The summed E-state index contributed by atoms with van der Waals surface area (Å²) in [5.74, 6) is 0.470. The molecule has 1 atom stereocenters. The van der Waals surface area contributed by atoms with E-state index in [2.05, 4.69) is 51.7 Å². The zero-order valence-electron chi connectivity index (χ0n) is 14.0. The first kappa shape index (κ1) is 18.4. The Labute approximate surface area is 147 Å². The molecule has 128 valence electrons. The molecule has 2 rings (SSSR count). The van der Waals surface area contributed by atoms with Crippen LogP contribution in [-0.2, 0) is 16.0 Å². The number of nitrogens with one attached hydrogen (secondary N) is 2. The number of carbonyl (C=O) groups excluding carboxylic acids is 1. The minimum Gasteiger partial charge on any atom is -0.368 e. The number of hydrogen-bond donors (Lipinski definition) is 2. The Hall–Kier alpha value is -0.910. The van der Waals surface area contributed by atoms with Crippen molar-refractivity contribution in [2.75, 3.05) is 26.7 Å². The van der Waals surface area contributed by atoms with E-state index in [1.165, 1.54) is 5.56 Å². The molecule has 0 saturated carbocycles. The van der Waals surface area contributed by atoms with Gasteiger partial charge in [0.1, 0.15) is 5.60 Å². The molecule has 0 aliphatic carbocycles. The molecule has 1 aromatic rings. The molecular weight excluding hydrogens is 356 g/mol. The molecule has 1 heterocycles. The Kier molecular flexibility index (Phi) is 7.06. The molecule has 1 aliphatic heterocycles. The number of amides is 1. The van der Waals surface area contributed by atoms with E-state index in [1.54, 1.807) is 7.11 Å². The minimum atomic E-state index is -0.653. The van der Waals surface area contributed by atoms with Gasteiger partial charge in [0, 0.05) is 18.1 Å². The van der Waals surface area contributed by atoms with E-state index in [4.69, 9.17) is 4.74 Å². The van der Waals surface area contributed by atoms with Crippen LogP contribution in [0.25, 0.3) is 0 Å². The first-order valence-electron chi connectivity index (χ1n) is 8.38. The van der Waals surface area contributed by atoms with Crippen LogP contribution in [0.3, 0.4) is 0 Å². The van der Waals surface area contributed by atoms with Crippen molar-refractivity contribution in [3.05, 3.63) is 34.3 Å². The third-order valence-electron chi connectivity index (χ3n) is 4.76. The smallest absolute Gasteiger partial charge is 0.252 e. The fourth-order valence-corrected chi connectivity index (χ4v) is 3.56. The van der Waals surface area contributed by atoms with Gasteiger partial charge in [-0.3, -0.25) is 4.79 Å². The summed E-state index contributed by atoms with van der Waals surface area (Å²) in [4.78, 5) is 12.6. The van der Waals surface area contributed by atoms with E-state index in [0.29, 0.717) is 12.5 Å². The Morgan fingerprint density at radius 2 is 2.17 bits per heavy atom. The molecular formula is C18H27BrN2O2. The zero-order valence-corrected chi connectivity index (χ0v) is 15.6. The van der Waals surface area contributed by atoms with E-state index in [9.17, 15) is 4.79 Å². The Bertz CT molecular complexity index is 515. The summed E-state index contributed by atoms with van der Waals surface area (Å²) >= 11 is 3.51. The molecule has 1 amide bonds. The Morgan fingerprint density at radius 1 is 1.43 bits per heavy atom. The van der Waals surface area contributed by atoms with E-state index in [1.807, 2.05) is 6.07 Å². The first-order chi connectivity index (χ1) is 11.1. The molecule has 1 aliphatic rings. The number of ether oxygens (including phenoxy) is 1. The number of piperidine rings is 1. The third kappa shape index (κ3) is 5.03. The second-order valence-electron chi connectivity index (χ2n) is 6.27. The van der Waals surface area contributed by atoms with Gasteiger partial charge in [0.05, 0.1) is 0 Å². The summed E-state index contributed by atoms with van der Waals surface area (Å²) < 4.78 is 6.68. The molecule has 0 bridgehead atoms. The summed E-state index contributed by atoms with van der Waals surface area (Å²) in [5, 5.41) is 6.40. The van der Waals surface area contributed by atoms with Crippen LogP contribution >= 0.6 is 15.9 Å². The highest BCUT2D eigenvalue weighted by molar-refractivity contribution is 9.10. The van der Waals surface area contributed by atoms with Gasteiger partial charge in [-0.1, -0.05) is 41.4 Å². The van der Waals surface area contributed by atoms with Gasteiger partial charge in [0.25, 0.3) is 5.91 Å². The summed E-state index contributed by atoms with van der Waals surface area (Å²) in [6.45, 7) is 4.53. The summed E-state index contributed by atoms with van der Waals surface area (Å²) in [6.07, 6.45) is 3.47. The van der Waals surface area contributed by atoms with Crippen molar-refractivity contribution < 1.29 is 9.53 Å². The van der Waals surface area contributed by atoms with Crippen LogP contribution in [-0.4, -0.2) is 38.3 Å². The van der Waals surface area contributed by atoms with Crippen molar-refractivity contribution in [3.8, 4) is 0 Å². The highest BCUT2D eigenvalue weighted by atomic mass is 79.9. The number of benzene rings is 1. The van der Waals surface area contributed by atoms with Gasteiger partial charge >= 0.3 is 0 Å². The van der Waals surface area contributed by atoms with Crippen LogP contribution in [0.5, 0.6) is 0 Å². The number of hydrogen-bond acceptors (Lipinski definition) is 3. The summed E-state index contributed by atoms with van der Waals surface area (Å²) in [7, 11) is 1.64. The topological polar surface area (TPSA) is 50.4 Å². The van der Waals surface area contributed by atoms with Gasteiger partial charge in [-0.25, -0.2) is 0 Å². The van der Waals surface area contributed by atoms with E-state index in [0.717, 1.165) is 43.2 Å². The molecule has 1 saturated heterocycles. The van der Waals surface area contributed by atoms with Crippen LogP contribution in [0.4, 0.5) is 0 Å². The number of halogens is 1. The predicted molar refractivity (Wildman–Crippen MR) is 96.5 cm³/mol. The van der Waals surface area contributed by atoms with Gasteiger partial charge in [0.15, 0.2) is 0 Å². The number of carbonyl (C=O) groups is 1. The number of rotatable bonds is 7. The average molecular weight is 383 g/mol. The minimum absolute atomic E-state index is 0.0363. The van der Waals surface area contributed by atoms with Crippen LogP contribution < -0.4 is 10.6 Å². The SMILES string of the molecule is CCC(CNC(=O)C1(OC)CCNCC1)Cc1cccc(Br)c1. The molecule has 0 aromatic heterocycles. The third-order valence-corrected chi connectivity index (χ3v) is 5.25. The fourth-order valence-electron chi connectivity index (χ4n) is 3.11. The normalized spacial score (nSPS) is 18.4. The predicted octanol–water partition coefficient (Wildman–Crippen LogP) is 2.90. The van der Waals surface area contributed by atoms with Crippen molar-refractivity contribution >= 4 is 21.8 Å². The standard InChI is InChI=1S/C18H27BrN2O2/c1-3-14(11-15-5-4-6-16(19)12-15)13-21-17(22)18(23-2)7-9-20-10-8-18/h4-6,12,14,20H,3,7-11,13H2,1-2H3,(H,21,22). The van der Waals surface area contributed by atoms with E-state index < -0.39 is 5.60 Å². The monoisotopic (exact) mass is 382 g/mol. The zero-order chi connectivity index (χ0) is 16.7. The van der Waals surface area contributed by atoms with Gasteiger partial charge in [0.2, 0.25) is 0 Å². The van der Waals surface area contributed by atoms with E-state index in [-0.39, 0.29) is 5.91 Å². The van der Waals surface area contributed by atoms with Crippen molar-refractivity contribution in [1.29, 1.82) is 0 Å². The second-order valence-corrected chi connectivity index (χ2v) is 7.18. The molecule has 5 heteroatoms. The Balaban J connectivity index is 1.90. The Morgan fingerprint density at radius 3 is 2.78 bits per heavy atom. The van der Waals surface area contributed by atoms with Crippen LogP contribution in [0.15, 0.2) is 28.7 Å². The van der Waals surface area contributed by atoms with E-state index >= 15 is 0 Å². The van der Waals surface area contributed by atoms with Gasteiger partial charge in [-0.05, 0) is 56.0 Å². The van der Waals surface area contributed by atoms with Gasteiger partial charge in [-0.2, -0.15) is 0 Å². The molecule has 23 heavy (non-hydrogen) atoms. The van der Waals surface area contributed by atoms with Gasteiger partial charge in [-0.15, -0.1) is 0 Å². The second kappa shape index (κ2) is 8.81. The lowest BCUT2D eigenvalue weighted by Gasteiger charge is -2.35. The largest absolute Gasteiger partial charge is 0.368 e. The lowest BCUT2D eigenvalue weighted by molar-refractivity contribution is -0.146. The fraction of sp³-hybridized carbons (Fsp3) is 0.611. The molecule has 0 spiro atoms. The first-order valence-corrected chi connectivity index (χ1v) is 9.17.